The van der Waals surface area contributed by atoms with Crippen LogP contribution in [0.2, 0.25) is 0 Å². The van der Waals surface area contributed by atoms with Gasteiger partial charge in [0.2, 0.25) is 0 Å². The van der Waals surface area contributed by atoms with Crippen LogP contribution in [0.5, 0.6) is 0 Å². The van der Waals surface area contributed by atoms with E-state index in [0.29, 0.717) is 0 Å². The van der Waals surface area contributed by atoms with Crippen LogP contribution < -0.4 is 4.90 Å². The van der Waals surface area contributed by atoms with Crippen LogP contribution >= 0.6 is 0 Å². The first-order valence-corrected chi connectivity index (χ1v) is 18.8. The highest BCUT2D eigenvalue weighted by atomic mass is 15.2. The third kappa shape index (κ3) is 5.40. The molecule has 0 N–H and O–H groups in total. The largest absolute Gasteiger partial charge is 0.310 e. The van der Waals surface area contributed by atoms with Gasteiger partial charge in [0.05, 0.1) is 11.4 Å². The third-order valence-electron chi connectivity index (χ3n) is 11.5. The first-order valence-electron chi connectivity index (χ1n) is 18.8. The molecule has 1 nitrogen and oxygen atoms in total. The molecule has 0 bridgehead atoms. The molecular weight excluding hydrogens is 651 g/mol. The predicted molar refractivity (Wildman–Crippen MR) is 230 cm³/mol. The van der Waals surface area contributed by atoms with Crippen molar-refractivity contribution in [2.24, 2.45) is 0 Å². The van der Waals surface area contributed by atoms with E-state index in [4.69, 9.17) is 0 Å². The smallest absolute Gasteiger partial charge is 0.0503 e. The SMILES string of the molecule is CC1(C)c2cc(-c3ccc(-c4ccccc4)cc3)ccc2N(c2ccc3c(ccc4ccccc43)c2)c2ccc(-c3ccc(-c4ccccc4)cc3)cc21. The Kier molecular flexibility index (Phi) is 7.56. The van der Waals surface area contributed by atoms with Crippen molar-refractivity contribution in [2.45, 2.75) is 19.3 Å². The van der Waals surface area contributed by atoms with Gasteiger partial charge in [-0.05, 0) is 114 Å². The van der Waals surface area contributed by atoms with E-state index in [1.165, 1.54) is 88.6 Å². The molecule has 0 unspecified atom stereocenters. The van der Waals surface area contributed by atoms with Crippen molar-refractivity contribution < 1.29 is 0 Å². The Morgan fingerprint density at radius 3 is 1.26 bits per heavy atom. The Bertz CT molecular complexity index is 2680. The van der Waals surface area contributed by atoms with Crippen LogP contribution in [0.3, 0.4) is 0 Å². The summed E-state index contributed by atoms with van der Waals surface area (Å²) in [6.45, 7) is 4.78. The normalized spacial score (nSPS) is 13.1. The average molecular weight is 690 g/mol. The summed E-state index contributed by atoms with van der Waals surface area (Å²) in [7, 11) is 0. The first-order chi connectivity index (χ1) is 26.5. The summed E-state index contributed by atoms with van der Waals surface area (Å²) in [5.41, 5.74) is 15.8. The minimum absolute atomic E-state index is 0.256. The summed E-state index contributed by atoms with van der Waals surface area (Å²) < 4.78 is 0. The summed E-state index contributed by atoms with van der Waals surface area (Å²) in [6.07, 6.45) is 0. The van der Waals surface area contributed by atoms with E-state index < -0.39 is 0 Å². The maximum Gasteiger partial charge on any atom is 0.0503 e. The zero-order valence-corrected chi connectivity index (χ0v) is 30.5. The number of rotatable bonds is 5. The molecule has 0 radical (unpaired) electrons. The molecule has 9 aromatic carbocycles. The highest BCUT2D eigenvalue weighted by molar-refractivity contribution is 6.08. The van der Waals surface area contributed by atoms with Gasteiger partial charge in [-0.25, -0.2) is 0 Å². The molecule has 0 aromatic heterocycles. The van der Waals surface area contributed by atoms with Crippen molar-refractivity contribution in [3.63, 3.8) is 0 Å². The van der Waals surface area contributed by atoms with Gasteiger partial charge in [-0.2, -0.15) is 0 Å². The van der Waals surface area contributed by atoms with Crippen LogP contribution in [0.1, 0.15) is 25.0 Å². The number of fused-ring (bicyclic) bond motifs is 5. The summed E-state index contributed by atoms with van der Waals surface area (Å²) in [4.78, 5) is 2.48. The van der Waals surface area contributed by atoms with Crippen LogP contribution in [0.4, 0.5) is 17.1 Å². The Labute approximate surface area is 317 Å². The molecule has 256 valence electrons. The molecule has 54 heavy (non-hydrogen) atoms. The fraction of sp³-hybridized carbons (Fsp3) is 0.0566. The lowest BCUT2D eigenvalue weighted by Crippen LogP contribution is -2.30. The summed E-state index contributed by atoms with van der Waals surface area (Å²) in [6, 6.07) is 73.5. The van der Waals surface area contributed by atoms with Gasteiger partial charge in [0.1, 0.15) is 0 Å². The van der Waals surface area contributed by atoms with Gasteiger partial charge in [-0.3, -0.25) is 0 Å². The molecule has 0 amide bonds. The number of hydrogen-bond acceptors (Lipinski definition) is 1. The second-order valence-electron chi connectivity index (χ2n) is 15.0. The molecule has 1 heterocycles. The average Bonchev–Trinajstić information content (AvgIpc) is 3.24. The quantitative estimate of drug-likeness (QED) is 0.163. The van der Waals surface area contributed by atoms with Gasteiger partial charge in [0.25, 0.3) is 0 Å². The molecule has 0 atom stereocenters. The van der Waals surface area contributed by atoms with Crippen LogP contribution in [-0.4, -0.2) is 0 Å². The molecule has 0 saturated carbocycles. The lowest BCUT2D eigenvalue weighted by atomic mass is 9.72. The van der Waals surface area contributed by atoms with Crippen molar-refractivity contribution in [1.82, 2.24) is 0 Å². The molecule has 0 fully saturated rings. The van der Waals surface area contributed by atoms with Crippen LogP contribution in [0, 0.1) is 0 Å². The molecule has 0 aliphatic carbocycles. The van der Waals surface area contributed by atoms with Crippen molar-refractivity contribution in [2.75, 3.05) is 4.90 Å². The van der Waals surface area contributed by atoms with Crippen LogP contribution in [0.15, 0.2) is 200 Å². The minimum atomic E-state index is -0.256. The highest BCUT2D eigenvalue weighted by Gasteiger charge is 2.37. The first kappa shape index (κ1) is 32.0. The molecule has 10 rings (SSSR count). The number of benzene rings is 9. The van der Waals surface area contributed by atoms with Gasteiger partial charge in [-0.1, -0.05) is 178 Å². The third-order valence-corrected chi connectivity index (χ3v) is 11.5. The Morgan fingerprint density at radius 2 is 0.722 bits per heavy atom. The monoisotopic (exact) mass is 689 g/mol. The van der Waals surface area contributed by atoms with E-state index >= 15 is 0 Å². The number of hydrogen-bond donors (Lipinski definition) is 0. The lowest BCUT2D eigenvalue weighted by molar-refractivity contribution is 0.632. The standard InChI is InChI=1S/C53H39N/c1-53(2)49-34-43(40-21-17-38(18-22-40)36-11-5-3-6-12-36)27-31-51(49)54(46-29-30-48-45(33-46)26-25-42-15-9-10-16-47(42)48)52-32-28-44(35-50(52)53)41-23-19-39(20-24-41)37-13-7-4-8-14-37/h3-35H,1-2H3. The molecule has 9 aromatic rings. The molecule has 0 saturated heterocycles. The maximum atomic E-state index is 2.48. The predicted octanol–water partition coefficient (Wildman–Crippen LogP) is 14.8. The summed E-state index contributed by atoms with van der Waals surface area (Å²) >= 11 is 0. The molecule has 1 aliphatic heterocycles. The molecule has 0 spiro atoms. The minimum Gasteiger partial charge on any atom is -0.310 e. The lowest BCUT2D eigenvalue weighted by Gasteiger charge is -2.42. The van der Waals surface area contributed by atoms with Gasteiger partial charge < -0.3 is 4.90 Å². The van der Waals surface area contributed by atoms with E-state index in [1.54, 1.807) is 0 Å². The molecule has 1 heteroatoms. The fourth-order valence-electron chi connectivity index (χ4n) is 8.49. The van der Waals surface area contributed by atoms with Gasteiger partial charge in [0, 0.05) is 11.1 Å². The maximum absolute atomic E-state index is 2.48. The van der Waals surface area contributed by atoms with Crippen LogP contribution in [-0.2, 0) is 5.41 Å². The van der Waals surface area contributed by atoms with Crippen molar-refractivity contribution >= 4 is 38.6 Å². The second kappa shape index (κ2) is 12.8. The van der Waals surface area contributed by atoms with Crippen LogP contribution in [0.25, 0.3) is 66.1 Å². The van der Waals surface area contributed by atoms with E-state index in [1.807, 2.05) is 0 Å². The van der Waals surface area contributed by atoms with Gasteiger partial charge >= 0.3 is 0 Å². The zero-order chi connectivity index (χ0) is 36.2. The van der Waals surface area contributed by atoms with Crippen molar-refractivity contribution in [3.8, 4) is 44.5 Å². The van der Waals surface area contributed by atoms with E-state index in [9.17, 15) is 0 Å². The fourth-order valence-corrected chi connectivity index (χ4v) is 8.49. The molecule has 1 aliphatic rings. The zero-order valence-electron chi connectivity index (χ0n) is 30.5. The Hall–Kier alpha value is -6.70. The van der Waals surface area contributed by atoms with E-state index in [0.717, 1.165) is 5.69 Å². The van der Waals surface area contributed by atoms with E-state index in [2.05, 4.69) is 219 Å². The van der Waals surface area contributed by atoms with Gasteiger partial charge in [-0.15, -0.1) is 0 Å². The Balaban J connectivity index is 1.11. The number of anilines is 3. The summed E-state index contributed by atoms with van der Waals surface area (Å²) in [5.74, 6) is 0. The van der Waals surface area contributed by atoms with Crippen molar-refractivity contribution in [1.29, 1.82) is 0 Å². The highest BCUT2D eigenvalue weighted by Crippen LogP contribution is 2.54. The molecular formula is C53H39N. The van der Waals surface area contributed by atoms with E-state index in [-0.39, 0.29) is 5.41 Å². The van der Waals surface area contributed by atoms with Crippen molar-refractivity contribution in [3.05, 3.63) is 211 Å². The van der Waals surface area contributed by atoms with Gasteiger partial charge in [0.15, 0.2) is 0 Å². The summed E-state index contributed by atoms with van der Waals surface area (Å²) in [5, 5.41) is 5.07. The Morgan fingerprint density at radius 1 is 0.315 bits per heavy atom. The topological polar surface area (TPSA) is 3.24 Å². The number of nitrogens with zero attached hydrogens (tertiary/aromatic N) is 1. The second-order valence-corrected chi connectivity index (χ2v) is 15.0.